The van der Waals surface area contributed by atoms with E-state index in [0.29, 0.717) is 17.2 Å². The lowest BCUT2D eigenvalue weighted by atomic mass is 10.1. The monoisotopic (exact) mass is 436 g/mol. The molecule has 7 nitrogen and oxygen atoms in total. The summed E-state index contributed by atoms with van der Waals surface area (Å²) >= 11 is 0. The molecular formula is C25H24O7. The number of carboxylic acid groups (broad SMARTS) is 1. The minimum absolute atomic E-state index is 0.120. The molecule has 0 aromatic heterocycles. The number of carbonyl (C=O) groups is 2. The maximum absolute atomic E-state index is 12.1. The molecule has 1 atom stereocenters. The van der Waals surface area contributed by atoms with Crippen molar-refractivity contribution in [2.75, 3.05) is 20.3 Å². The minimum atomic E-state index is -1.02. The summed E-state index contributed by atoms with van der Waals surface area (Å²) in [6.45, 7) is -0.254. The van der Waals surface area contributed by atoms with Gasteiger partial charge in [0.1, 0.15) is 36.2 Å². The van der Waals surface area contributed by atoms with Crippen molar-refractivity contribution in [2.24, 2.45) is 0 Å². The Labute approximate surface area is 186 Å². The first kappa shape index (κ1) is 22.8. The number of carboxylic acids is 1. The quantitative estimate of drug-likeness (QED) is 0.456. The van der Waals surface area contributed by atoms with Crippen molar-refractivity contribution >= 4 is 11.8 Å². The molecule has 0 amide bonds. The lowest BCUT2D eigenvalue weighted by Gasteiger charge is -2.11. The summed E-state index contributed by atoms with van der Waals surface area (Å²) in [5.41, 5.74) is 0.793. The molecular weight excluding hydrogens is 412 g/mol. The van der Waals surface area contributed by atoms with Gasteiger partial charge in [-0.25, -0.2) is 4.79 Å². The molecule has 0 heterocycles. The summed E-state index contributed by atoms with van der Waals surface area (Å²) in [5, 5.41) is 9.04. The zero-order chi connectivity index (χ0) is 22.8. The van der Waals surface area contributed by atoms with E-state index in [0.717, 1.165) is 11.3 Å². The maximum Gasteiger partial charge on any atom is 0.333 e. The van der Waals surface area contributed by atoms with E-state index in [2.05, 4.69) is 0 Å². The molecule has 3 aromatic rings. The van der Waals surface area contributed by atoms with Crippen LogP contribution in [0.5, 0.6) is 23.0 Å². The number of ether oxygens (including phenoxy) is 4. The van der Waals surface area contributed by atoms with Crippen molar-refractivity contribution in [2.45, 2.75) is 12.5 Å². The van der Waals surface area contributed by atoms with Crippen LogP contribution in [0.25, 0.3) is 0 Å². The third-order valence-electron chi connectivity index (χ3n) is 4.51. The van der Waals surface area contributed by atoms with Gasteiger partial charge in [-0.05, 0) is 54.1 Å². The van der Waals surface area contributed by atoms with E-state index >= 15 is 0 Å². The Morgan fingerprint density at radius 3 is 1.78 bits per heavy atom. The second-order valence-corrected chi connectivity index (χ2v) is 6.91. The largest absolute Gasteiger partial charge is 0.486 e. The molecule has 0 saturated heterocycles. The highest BCUT2D eigenvalue weighted by Gasteiger charge is 2.16. The van der Waals surface area contributed by atoms with Crippen LogP contribution in [0, 0.1) is 0 Å². The zero-order valence-corrected chi connectivity index (χ0v) is 17.6. The number of hydrogen-bond donors (Lipinski definition) is 1. The Morgan fingerprint density at radius 2 is 1.25 bits per heavy atom. The van der Waals surface area contributed by atoms with Gasteiger partial charge in [0, 0.05) is 13.5 Å². The van der Waals surface area contributed by atoms with Gasteiger partial charge in [0.25, 0.3) is 0 Å². The van der Waals surface area contributed by atoms with Crippen LogP contribution in [0.2, 0.25) is 0 Å². The Kier molecular flexibility index (Phi) is 8.22. The average Bonchev–Trinajstić information content (AvgIpc) is 2.82. The molecule has 3 aromatic carbocycles. The molecule has 0 spiro atoms. The van der Waals surface area contributed by atoms with Gasteiger partial charge >= 0.3 is 5.97 Å². The second-order valence-electron chi connectivity index (χ2n) is 6.91. The SMILES string of the molecule is CO[C@@H](Cc1ccc(OCC(=O)COc2ccc(Oc3ccccc3)cc2)cc1)C(=O)O. The predicted molar refractivity (Wildman–Crippen MR) is 118 cm³/mol. The molecule has 7 heteroatoms. The van der Waals surface area contributed by atoms with E-state index in [1.807, 2.05) is 30.3 Å². The first-order valence-corrected chi connectivity index (χ1v) is 9.98. The summed E-state index contributed by atoms with van der Waals surface area (Å²) in [5.74, 6) is 1.23. The summed E-state index contributed by atoms with van der Waals surface area (Å²) in [6.07, 6.45) is -0.659. The van der Waals surface area contributed by atoms with Gasteiger partial charge in [-0.1, -0.05) is 30.3 Å². The fourth-order valence-corrected chi connectivity index (χ4v) is 2.81. The molecule has 3 rings (SSSR count). The van der Waals surface area contributed by atoms with Crippen LogP contribution in [-0.4, -0.2) is 43.3 Å². The molecule has 0 unspecified atom stereocenters. The number of aliphatic carboxylic acids is 1. The highest BCUT2D eigenvalue weighted by molar-refractivity contribution is 5.81. The third kappa shape index (κ3) is 7.14. The molecule has 0 radical (unpaired) electrons. The number of carbonyl (C=O) groups excluding carboxylic acids is 1. The first-order chi connectivity index (χ1) is 15.5. The smallest absolute Gasteiger partial charge is 0.333 e. The number of Topliss-reactive ketones (excluding diaryl/α,β-unsaturated/α-hetero) is 1. The third-order valence-corrected chi connectivity index (χ3v) is 4.51. The molecule has 0 aliphatic carbocycles. The summed E-state index contributed by atoms with van der Waals surface area (Å²) in [4.78, 5) is 23.1. The molecule has 32 heavy (non-hydrogen) atoms. The number of ketones is 1. The van der Waals surface area contributed by atoms with Gasteiger partial charge in [0.15, 0.2) is 6.10 Å². The van der Waals surface area contributed by atoms with Crippen LogP contribution < -0.4 is 14.2 Å². The van der Waals surface area contributed by atoms with Crippen LogP contribution in [0.3, 0.4) is 0 Å². The molecule has 0 aliphatic rings. The number of benzene rings is 3. The van der Waals surface area contributed by atoms with Gasteiger partial charge in [-0.3, -0.25) is 4.79 Å². The van der Waals surface area contributed by atoms with Crippen molar-refractivity contribution in [3.63, 3.8) is 0 Å². The highest BCUT2D eigenvalue weighted by Crippen LogP contribution is 2.23. The van der Waals surface area contributed by atoms with E-state index in [4.69, 9.17) is 24.1 Å². The van der Waals surface area contributed by atoms with E-state index < -0.39 is 12.1 Å². The van der Waals surface area contributed by atoms with E-state index in [9.17, 15) is 9.59 Å². The summed E-state index contributed by atoms with van der Waals surface area (Å²) < 4.78 is 21.6. The number of methoxy groups -OCH3 is 1. The second kappa shape index (κ2) is 11.5. The Balaban J connectivity index is 1.41. The van der Waals surface area contributed by atoms with Gasteiger partial charge in [0.05, 0.1) is 0 Å². The van der Waals surface area contributed by atoms with Crippen LogP contribution >= 0.6 is 0 Å². The predicted octanol–water partition coefficient (Wildman–Crippen LogP) is 4.15. The molecule has 0 saturated carbocycles. The Hall–Kier alpha value is -3.84. The standard InChI is InChI=1S/C25H24O7/c1-29-24(25(27)28)15-18-7-9-20(10-8-18)30-16-19(26)17-31-21-11-13-23(14-12-21)32-22-5-3-2-4-6-22/h2-14,24H,15-17H2,1H3,(H,27,28)/t24-/m0/s1. The zero-order valence-electron chi connectivity index (χ0n) is 17.6. The summed E-state index contributed by atoms with van der Waals surface area (Å²) in [6, 6.07) is 23.3. The summed E-state index contributed by atoms with van der Waals surface area (Å²) in [7, 11) is 1.36. The van der Waals surface area contributed by atoms with Gasteiger partial charge in [-0.2, -0.15) is 0 Å². The van der Waals surface area contributed by atoms with Crippen LogP contribution in [0.1, 0.15) is 5.56 Å². The van der Waals surface area contributed by atoms with Crippen LogP contribution in [0.15, 0.2) is 78.9 Å². The van der Waals surface area contributed by atoms with Crippen molar-refractivity contribution in [1.29, 1.82) is 0 Å². The van der Waals surface area contributed by atoms with Gasteiger partial charge in [0.2, 0.25) is 5.78 Å². The molecule has 1 N–H and O–H groups in total. The molecule has 0 fully saturated rings. The highest BCUT2D eigenvalue weighted by atomic mass is 16.5. The molecule has 0 bridgehead atoms. The molecule has 0 aliphatic heterocycles. The fourth-order valence-electron chi connectivity index (χ4n) is 2.81. The van der Waals surface area contributed by atoms with Crippen molar-refractivity contribution in [1.82, 2.24) is 0 Å². The Morgan fingerprint density at radius 1 is 0.750 bits per heavy atom. The van der Waals surface area contributed by atoms with E-state index in [1.165, 1.54) is 7.11 Å². The van der Waals surface area contributed by atoms with Gasteiger partial charge < -0.3 is 24.1 Å². The number of para-hydroxylation sites is 1. The van der Waals surface area contributed by atoms with Crippen LogP contribution in [0.4, 0.5) is 0 Å². The average molecular weight is 436 g/mol. The van der Waals surface area contributed by atoms with E-state index in [1.54, 1.807) is 48.5 Å². The molecule has 166 valence electrons. The van der Waals surface area contributed by atoms with Gasteiger partial charge in [-0.15, -0.1) is 0 Å². The Bertz CT molecular complexity index is 999. The van der Waals surface area contributed by atoms with Crippen molar-refractivity contribution < 1.29 is 33.6 Å². The van der Waals surface area contributed by atoms with Crippen molar-refractivity contribution in [3.8, 4) is 23.0 Å². The first-order valence-electron chi connectivity index (χ1n) is 9.98. The minimum Gasteiger partial charge on any atom is -0.486 e. The number of rotatable bonds is 12. The topological polar surface area (TPSA) is 91.3 Å². The maximum atomic E-state index is 12.1. The lowest BCUT2D eigenvalue weighted by molar-refractivity contribution is -0.148. The fraction of sp³-hybridized carbons (Fsp3) is 0.200. The number of hydrogen-bond acceptors (Lipinski definition) is 6. The van der Waals surface area contributed by atoms with E-state index in [-0.39, 0.29) is 25.4 Å². The lowest BCUT2D eigenvalue weighted by Crippen LogP contribution is -2.24. The van der Waals surface area contributed by atoms with Crippen LogP contribution in [-0.2, 0) is 20.7 Å². The normalized spacial score (nSPS) is 11.4. The van der Waals surface area contributed by atoms with Crippen molar-refractivity contribution in [3.05, 3.63) is 84.4 Å².